The van der Waals surface area contributed by atoms with Crippen molar-refractivity contribution in [1.82, 2.24) is 0 Å². The first kappa shape index (κ1) is 43.6. The second-order valence-electron chi connectivity index (χ2n) is 13.5. The summed E-state index contributed by atoms with van der Waals surface area (Å²) in [5.41, 5.74) is 1.71. The molecule has 0 N–H and O–H groups in total. The maximum atomic E-state index is 12.5. The quantitative estimate of drug-likeness (QED) is 0.0379. The Morgan fingerprint density at radius 3 is 1.07 bits per heavy atom. The molecule has 0 bridgehead atoms. The van der Waals surface area contributed by atoms with E-state index in [0.717, 1.165) is 51.4 Å². The number of rotatable bonds is 24. The number of carbonyl (C=O) groups excluding carboxylic acids is 4. The van der Waals surface area contributed by atoms with Gasteiger partial charge in [0.25, 0.3) is 0 Å². The first-order chi connectivity index (χ1) is 28.8. The average Bonchev–Trinajstić information content (AvgIpc) is 3.77. The number of benzene rings is 4. The number of allylic oxidation sites excluding steroid dienone is 2. The summed E-state index contributed by atoms with van der Waals surface area (Å²) in [7, 11) is 3.14. The molecule has 4 aromatic carbocycles. The van der Waals surface area contributed by atoms with E-state index in [0.29, 0.717) is 83.2 Å². The Morgan fingerprint density at radius 1 is 0.390 bits per heavy atom. The molecule has 0 aromatic heterocycles. The molecule has 12 nitrogen and oxygen atoms in total. The zero-order valence-corrected chi connectivity index (χ0v) is 33.5. The number of unbranched alkanes of at least 4 members (excludes halogenated alkanes) is 6. The summed E-state index contributed by atoms with van der Waals surface area (Å²) in [6, 6.07) is 27.2. The molecule has 5 rings (SSSR count). The topological polar surface area (TPSA) is 142 Å². The second kappa shape index (κ2) is 23.6. The van der Waals surface area contributed by atoms with Crippen molar-refractivity contribution in [3.63, 3.8) is 0 Å². The van der Waals surface area contributed by atoms with Crippen molar-refractivity contribution in [2.24, 2.45) is 0 Å². The number of methoxy groups -OCH3 is 2. The van der Waals surface area contributed by atoms with E-state index in [4.69, 9.17) is 37.9 Å². The molecule has 4 aromatic rings. The average molecular weight is 807 g/mol. The number of hydrogen-bond acceptors (Lipinski definition) is 12. The molecule has 0 radical (unpaired) electrons. The highest BCUT2D eigenvalue weighted by molar-refractivity contribution is 5.97. The molecule has 1 aliphatic carbocycles. The molecule has 59 heavy (non-hydrogen) atoms. The predicted molar refractivity (Wildman–Crippen MR) is 219 cm³/mol. The number of carbonyl (C=O) groups is 4. The van der Waals surface area contributed by atoms with Crippen molar-refractivity contribution < 1.29 is 57.1 Å². The van der Waals surface area contributed by atoms with E-state index in [-0.39, 0.29) is 6.42 Å². The van der Waals surface area contributed by atoms with E-state index in [9.17, 15) is 19.2 Å². The zero-order valence-electron chi connectivity index (χ0n) is 33.5. The molecule has 0 heterocycles. The largest absolute Gasteiger partial charge is 0.497 e. The summed E-state index contributed by atoms with van der Waals surface area (Å²) in [5, 5.41) is 0. The molecule has 1 aliphatic rings. The Kier molecular flexibility index (Phi) is 17.4. The molecule has 0 saturated carbocycles. The van der Waals surface area contributed by atoms with Gasteiger partial charge in [0, 0.05) is 17.6 Å². The maximum absolute atomic E-state index is 12.5. The molecule has 0 atom stereocenters. The Balaban J connectivity index is 0.827. The van der Waals surface area contributed by atoms with E-state index >= 15 is 0 Å². The fourth-order valence-electron chi connectivity index (χ4n) is 5.81. The highest BCUT2D eigenvalue weighted by Gasteiger charge is 2.22. The van der Waals surface area contributed by atoms with Crippen LogP contribution in [0, 0.1) is 0 Å². The van der Waals surface area contributed by atoms with Crippen LogP contribution in [0.15, 0.2) is 120 Å². The van der Waals surface area contributed by atoms with Crippen LogP contribution < -0.4 is 28.4 Å². The zero-order chi connectivity index (χ0) is 41.7. The smallest absolute Gasteiger partial charge is 0.343 e. The lowest BCUT2D eigenvalue weighted by molar-refractivity contribution is -0.139. The van der Waals surface area contributed by atoms with Gasteiger partial charge in [0.15, 0.2) is 0 Å². The minimum Gasteiger partial charge on any atom is -0.497 e. The van der Waals surface area contributed by atoms with Crippen LogP contribution in [0.25, 0.3) is 0 Å². The summed E-state index contributed by atoms with van der Waals surface area (Å²) in [6.45, 7) is 1.64. The lowest BCUT2D eigenvalue weighted by Gasteiger charge is -2.09. The minimum absolute atomic E-state index is 0.196. The van der Waals surface area contributed by atoms with Crippen molar-refractivity contribution in [3.8, 4) is 34.5 Å². The van der Waals surface area contributed by atoms with Crippen LogP contribution >= 0.6 is 0 Å². The molecule has 0 aliphatic heterocycles. The van der Waals surface area contributed by atoms with Crippen LogP contribution in [0.3, 0.4) is 0 Å². The molecular weight excluding hydrogens is 757 g/mol. The Hall–Kier alpha value is -6.56. The first-order valence-corrected chi connectivity index (χ1v) is 19.7. The van der Waals surface area contributed by atoms with Crippen LogP contribution in [0.4, 0.5) is 0 Å². The molecule has 310 valence electrons. The van der Waals surface area contributed by atoms with Gasteiger partial charge in [0.2, 0.25) is 0 Å². The third-order valence-corrected chi connectivity index (χ3v) is 9.19. The number of hydrogen-bond donors (Lipinski definition) is 0. The van der Waals surface area contributed by atoms with Crippen LogP contribution in [0.2, 0.25) is 0 Å². The van der Waals surface area contributed by atoms with E-state index < -0.39 is 23.9 Å². The molecule has 0 saturated heterocycles. The third kappa shape index (κ3) is 14.7. The lowest BCUT2D eigenvalue weighted by atomic mass is 10.1. The van der Waals surface area contributed by atoms with Crippen molar-refractivity contribution in [3.05, 3.63) is 131 Å². The standard InChI is InChI=1S/C47H50O12/c1-52-38-21-25-42(26-22-38)58-46(50)34-13-17-40(18-14-34)54-29-7-3-5-9-31-56-44(48)36-11-12-37(33-36)45(49)57-32-10-6-4-8-30-55-41-19-15-35(16-20-41)47(51)59-43-27-23-39(53-2)24-28-43/h11-28H,3-10,29-33H2,1-2H3. The maximum Gasteiger partial charge on any atom is 0.343 e. The van der Waals surface area contributed by atoms with Gasteiger partial charge in [0.1, 0.15) is 34.5 Å². The highest BCUT2D eigenvalue weighted by Crippen LogP contribution is 2.23. The van der Waals surface area contributed by atoms with Crippen LogP contribution in [0.5, 0.6) is 34.5 Å². The monoisotopic (exact) mass is 806 g/mol. The highest BCUT2D eigenvalue weighted by atomic mass is 16.5. The van der Waals surface area contributed by atoms with Gasteiger partial charge in [-0.3, -0.25) is 0 Å². The van der Waals surface area contributed by atoms with Gasteiger partial charge >= 0.3 is 23.9 Å². The Labute approximate surface area is 344 Å². The van der Waals surface area contributed by atoms with E-state index in [1.54, 1.807) is 123 Å². The number of esters is 4. The van der Waals surface area contributed by atoms with Crippen molar-refractivity contribution in [1.29, 1.82) is 0 Å². The molecular formula is C47H50O12. The fraction of sp³-hybridized carbons (Fsp3) is 0.319. The Bertz CT molecular complexity index is 1870. The van der Waals surface area contributed by atoms with Crippen molar-refractivity contribution in [2.75, 3.05) is 40.6 Å². The third-order valence-electron chi connectivity index (χ3n) is 9.19. The van der Waals surface area contributed by atoms with Crippen molar-refractivity contribution >= 4 is 23.9 Å². The predicted octanol–water partition coefficient (Wildman–Crippen LogP) is 9.06. The fourth-order valence-corrected chi connectivity index (χ4v) is 5.81. The van der Waals surface area contributed by atoms with Gasteiger partial charge in [-0.1, -0.05) is 12.2 Å². The second-order valence-corrected chi connectivity index (χ2v) is 13.5. The molecule has 12 heteroatoms. The Morgan fingerprint density at radius 2 is 0.712 bits per heavy atom. The van der Waals surface area contributed by atoms with Gasteiger partial charge in [-0.15, -0.1) is 0 Å². The van der Waals surface area contributed by atoms with Crippen LogP contribution in [-0.2, 0) is 19.1 Å². The van der Waals surface area contributed by atoms with Gasteiger partial charge in [-0.05, 0) is 148 Å². The first-order valence-electron chi connectivity index (χ1n) is 19.7. The van der Waals surface area contributed by atoms with Crippen LogP contribution in [-0.4, -0.2) is 64.5 Å². The SMILES string of the molecule is COc1ccc(OC(=O)c2ccc(OCCCCCCOC(=O)C3=CC=C(C(=O)OCCCCCCOc4ccc(C(=O)Oc5ccc(OC)cc5)cc4)C3)cc2)cc1. The summed E-state index contributed by atoms with van der Waals surface area (Å²) in [4.78, 5) is 49.9. The summed E-state index contributed by atoms with van der Waals surface area (Å²) in [6.07, 6.45) is 10.1. The molecule has 0 amide bonds. The molecule has 0 spiro atoms. The lowest BCUT2D eigenvalue weighted by Crippen LogP contribution is -2.12. The summed E-state index contributed by atoms with van der Waals surface area (Å²) >= 11 is 0. The van der Waals surface area contributed by atoms with Crippen molar-refractivity contribution in [2.45, 2.75) is 57.8 Å². The summed E-state index contributed by atoms with van der Waals surface area (Å²) in [5.74, 6) is 1.78. The van der Waals surface area contributed by atoms with E-state index in [2.05, 4.69) is 0 Å². The van der Waals surface area contributed by atoms with E-state index in [1.165, 1.54) is 0 Å². The van der Waals surface area contributed by atoms with Gasteiger partial charge < -0.3 is 37.9 Å². The van der Waals surface area contributed by atoms with Gasteiger partial charge in [-0.2, -0.15) is 0 Å². The normalized spacial score (nSPS) is 11.8. The van der Waals surface area contributed by atoms with Crippen LogP contribution in [0.1, 0.15) is 78.5 Å². The van der Waals surface area contributed by atoms with E-state index in [1.807, 2.05) is 0 Å². The van der Waals surface area contributed by atoms with Gasteiger partial charge in [0.05, 0.1) is 51.8 Å². The molecule has 0 fully saturated rings. The molecule has 0 unspecified atom stereocenters. The minimum atomic E-state index is -0.459. The van der Waals surface area contributed by atoms with Gasteiger partial charge in [-0.25, -0.2) is 19.2 Å². The number of ether oxygens (including phenoxy) is 8. The summed E-state index contributed by atoms with van der Waals surface area (Å²) < 4.78 is 43.4.